The Labute approximate surface area is 191 Å². The summed E-state index contributed by atoms with van der Waals surface area (Å²) in [5.41, 5.74) is 2.02. The summed E-state index contributed by atoms with van der Waals surface area (Å²) in [6.07, 6.45) is 7.76. The fourth-order valence-corrected chi connectivity index (χ4v) is 4.83. The van der Waals surface area contributed by atoms with E-state index in [0.717, 1.165) is 57.2 Å². The summed E-state index contributed by atoms with van der Waals surface area (Å²) in [7, 11) is 0. The van der Waals surface area contributed by atoms with Crippen LogP contribution in [-0.4, -0.2) is 49.4 Å². The Kier molecular flexibility index (Phi) is 5.60. The van der Waals surface area contributed by atoms with Gasteiger partial charge in [0.2, 0.25) is 0 Å². The van der Waals surface area contributed by atoms with Crippen LogP contribution < -0.4 is 0 Å². The molecule has 2 fully saturated rings. The zero-order valence-electron chi connectivity index (χ0n) is 18.6. The number of phenolic OH excluding ortho intramolecular Hbond substituents is 1. The molecule has 0 unspecified atom stereocenters. The average molecular weight is 451 g/mol. The van der Waals surface area contributed by atoms with E-state index in [4.69, 9.17) is 0 Å². The Bertz CT molecular complexity index is 1230. The molecule has 1 aliphatic carbocycles. The fourth-order valence-electron chi connectivity index (χ4n) is 4.83. The van der Waals surface area contributed by atoms with Gasteiger partial charge in [-0.3, -0.25) is 9.59 Å². The molecule has 1 atom stereocenters. The van der Waals surface area contributed by atoms with E-state index in [1.807, 2.05) is 11.0 Å². The predicted octanol–water partition coefficient (Wildman–Crippen LogP) is 4.73. The van der Waals surface area contributed by atoms with E-state index in [0.29, 0.717) is 23.3 Å². The van der Waals surface area contributed by atoms with E-state index in [1.54, 1.807) is 10.6 Å². The third kappa shape index (κ3) is 3.77. The highest BCUT2D eigenvalue weighted by molar-refractivity contribution is 5.93. The molecule has 5 rings (SSSR count). The quantitative estimate of drug-likeness (QED) is 0.581. The second-order valence-corrected chi connectivity index (χ2v) is 9.17. The van der Waals surface area contributed by atoms with Gasteiger partial charge in [-0.25, -0.2) is 13.9 Å². The van der Waals surface area contributed by atoms with Crippen LogP contribution in [0.5, 0.6) is 5.75 Å². The molecule has 3 aromatic rings. The van der Waals surface area contributed by atoms with E-state index in [1.165, 1.54) is 12.1 Å². The zero-order chi connectivity index (χ0) is 23.1. The molecular formula is C25H27FN4O3. The lowest BCUT2D eigenvalue weighted by atomic mass is 9.82. The molecule has 33 heavy (non-hydrogen) atoms. The van der Waals surface area contributed by atoms with Gasteiger partial charge in [-0.05, 0) is 50.8 Å². The van der Waals surface area contributed by atoms with Gasteiger partial charge < -0.3 is 10.0 Å². The van der Waals surface area contributed by atoms with Crippen LogP contribution in [0.3, 0.4) is 0 Å². The van der Waals surface area contributed by atoms with Gasteiger partial charge in [0.25, 0.3) is 5.91 Å². The van der Waals surface area contributed by atoms with Gasteiger partial charge in [0.1, 0.15) is 5.69 Å². The third-order valence-corrected chi connectivity index (χ3v) is 7.06. The Morgan fingerprint density at radius 3 is 2.70 bits per heavy atom. The molecule has 3 heterocycles. The van der Waals surface area contributed by atoms with E-state index >= 15 is 0 Å². The molecule has 1 aromatic carbocycles. The Morgan fingerprint density at radius 1 is 1.15 bits per heavy atom. The number of likely N-dealkylation sites (tertiary alicyclic amines) is 1. The van der Waals surface area contributed by atoms with E-state index in [2.05, 4.69) is 17.0 Å². The lowest BCUT2D eigenvalue weighted by Crippen LogP contribution is -2.38. The molecule has 2 aliphatic rings. The van der Waals surface area contributed by atoms with Crippen molar-refractivity contribution in [3.8, 4) is 17.0 Å². The van der Waals surface area contributed by atoms with Gasteiger partial charge in [-0.15, -0.1) is 0 Å². The topological polar surface area (TPSA) is 87.8 Å². The summed E-state index contributed by atoms with van der Waals surface area (Å²) in [6.45, 7) is 2.81. The summed E-state index contributed by atoms with van der Waals surface area (Å²) in [6, 6.07) is 6.43. The Balaban J connectivity index is 1.60. The molecule has 0 spiro atoms. The van der Waals surface area contributed by atoms with Crippen LogP contribution in [0.1, 0.15) is 84.3 Å². The number of hydrogen-bond acceptors (Lipinski definition) is 5. The number of carbonyl (C=O) groups excluding carboxylic acids is 2. The number of amides is 1. The maximum absolute atomic E-state index is 14.8. The Hall–Kier alpha value is -3.29. The predicted molar refractivity (Wildman–Crippen MR) is 121 cm³/mol. The molecule has 172 valence electrons. The van der Waals surface area contributed by atoms with Crippen LogP contribution in [0.15, 0.2) is 24.3 Å². The van der Waals surface area contributed by atoms with E-state index in [9.17, 15) is 19.1 Å². The first kappa shape index (κ1) is 21.6. The largest absolute Gasteiger partial charge is 0.504 e. The number of phenols is 1. The first-order valence-electron chi connectivity index (χ1n) is 11.7. The highest BCUT2D eigenvalue weighted by Gasteiger charge is 2.29. The summed E-state index contributed by atoms with van der Waals surface area (Å²) in [5.74, 6) is -1.40. The summed E-state index contributed by atoms with van der Waals surface area (Å²) < 4.78 is 16.5. The molecule has 8 heteroatoms. The molecule has 1 saturated carbocycles. The van der Waals surface area contributed by atoms with Crippen LogP contribution in [0, 0.1) is 5.82 Å². The number of halogens is 1. The summed E-state index contributed by atoms with van der Waals surface area (Å²) in [5, 5.41) is 14.6. The van der Waals surface area contributed by atoms with Crippen LogP contribution >= 0.6 is 0 Å². The summed E-state index contributed by atoms with van der Waals surface area (Å²) >= 11 is 0. The standard InChI is InChI=1S/C25H27FN4O3/c1-15-6-3-2-4-11-29(15)25(33)20-12-21(16-7-5-8-16)30-22(27-20)13-19(28-30)18-10-9-17(14-31)24(32)23(18)26/h9-10,12-16,32H,2-8,11H2,1H3/t15-/m1/s1. The number of aromatic hydroxyl groups is 1. The SMILES string of the molecule is C[C@@H]1CCCCCN1C(=O)c1cc(C2CCC2)n2nc(-c3ccc(C=O)c(O)c3F)cc2n1. The second kappa shape index (κ2) is 8.57. The number of rotatable bonds is 4. The van der Waals surface area contributed by atoms with Gasteiger partial charge in [0.05, 0.1) is 11.3 Å². The van der Waals surface area contributed by atoms with Crippen molar-refractivity contribution < 1.29 is 19.1 Å². The lowest BCUT2D eigenvalue weighted by Gasteiger charge is -2.29. The van der Waals surface area contributed by atoms with Crippen molar-refractivity contribution >= 4 is 17.8 Å². The smallest absolute Gasteiger partial charge is 0.272 e. The number of hydrogen-bond donors (Lipinski definition) is 1. The zero-order valence-corrected chi connectivity index (χ0v) is 18.6. The highest BCUT2D eigenvalue weighted by Crippen LogP contribution is 2.38. The minimum Gasteiger partial charge on any atom is -0.504 e. The summed E-state index contributed by atoms with van der Waals surface area (Å²) in [4.78, 5) is 31.0. The number of benzene rings is 1. The third-order valence-electron chi connectivity index (χ3n) is 7.06. The monoisotopic (exact) mass is 450 g/mol. The average Bonchev–Trinajstić information content (AvgIpc) is 3.08. The van der Waals surface area contributed by atoms with Crippen molar-refractivity contribution in [3.63, 3.8) is 0 Å². The van der Waals surface area contributed by atoms with Crippen LogP contribution in [0.2, 0.25) is 0 Å². The normalized spacial score (nSPS) is 19.3. The van der Waals surface area contributed by atoms with Gasteiger partial charge in [0.15, 0.2) is 23.5 Å². The minimum atomic E-state index is -0.900. The molecule has 2 aromatic heterocycles. The molecule has 7 nitrogen and oxygen atoms in total. The molecular weight excluding hydrogens is 423 g/mol. The number of nitrogens with zero attached hydrogens (tertiary/aromatic N) is 4. The van der Waals surface area contributed by atoms with E-state index < -0.39 is 11.6 Å². The van der Waals surface area contributed by atoms with Crippen molar-refractivity contribution in [2.45, 2.75) is 63.8 Å². The lowest BCUT2D eigenvalue weighted by molar-refractivity contribution is 0.0691. The van der Waals surface area contributed by atoms with Crippen LogP contribution in [-0.2, 0) is 0 Å². The van der Waals surface area contributed by atoms with Crippen LogP contribution in [0.25, 0.3) is 16.9 Å². The fraction of sp³-hybridized carbons (Fsp3) is 0.440. The first-order valence-corrected chi connectivity index (χ1v) is 11.7. The molecule has 1 saturated heterocycles. The van der Waals surface area contributed by atoms with Crippen molar-refractivity contribution in [2.24, 2.45) is 0 Å². The van der Waals surface area contributed by atoms with E-state index in [-0.39, 0.29) is 29.0 Å². The maximum atomic E-state index is 14.8. The van der Waals surface area contributed by atoms with Gasteiger partial charge in [0, 0.05) is 35.8 Å². The maximum Gasteiger partial charge on any atom is 0.272 e. The Morgan fingerprint density at radius 2 is 1.97 bits per heavy atom. The molecule has 1 amide bonds. The number of aldehydes is 1. The van der Waals surface area contributed by atoms with Gasteiger partial charge in [-0.2, -0.15) is 5.10 Å². The highest BCUT2D eigenvalue weighted by atomic mass is 19.1. The first-order chi connectivity index (χ1) is 16.0. The number of fused-ring (bicyclic) bond motifs is 1. The van der Waals surface area contributed by atoms with Crippen molar-refractivity contribution in [3.05, 3.63) is 47.0 Å². The minimum absolute atomic E-state index is 0.0746. The van der Waals surface area contributed by atoms with Gasteiger partial charge in [-0.1, -0.05) is 19.3 Å². The molecule has 0 radical (unpaired) electrons. The molecule has 0 bridgehead atoms. The van der Waals surface area contributed by atoms with Gasteiger partial charge >= 0.3 is 0 Å². The molecule has 1 aliphatic heterocycles. The van der Waals surface area contributed by atoms with Crippen LogP contribution in [0.4, 0.5) is 4.39 Å². The van der Waals surface area contributed by atoms with Crippen molar-refractivity contribution in [1.82, 2.24) is 19.5 Å². The van der Waals surface area contributed by atoms with Crippen molar-refractivity contribution in [2.75, 3.05) is 6.54 Å². The molecule has 1 N–H and O–H groups in total. The number of aromatic nitrogens is 3. The van der Waals surface area contributed by atoms with Crippen molar-refractivity contribution in [1.29, 1.82) is 0 Å². The number of carbonyl (C=O) groups is 2. The second-order valence-electron chi connectivity index (χ2n) is 9.17.